The first-order chi connectivity index (χ1) is 7.81. The maximum atomic E-state index is 12.2. The Labute approximate surface area is 97.9 Å². The molecule has 1 fully saturated rings. The van der Waals surface area contributed by atoms with Gasteiger partial charge in [0, 0.05) is 11.5 Å². The molecule has 0 spiro atoms. The first-order valence-corrected chi connectivity index (χ1v) is 6.44. The van der Waals surface area contributed by atoms with Crippen molar-refractivity contribution in [3.8, 4) is 0 Å². The van der Waals surface area contributed by atoms with Crippen molar-refractivity contribution in [1.29, 1.82) is 0 Å². The van der Waals surface area contributed by atoms with Crippen molar-refractivity contribution in [3.63, 3.8) is 0 Å². The molecule has 0 bridgehead atoms. The quantitative estimate of drug-likeness (QED) is 0.698. The van der Waals surface area contributed by atoms with Gasteiger partial charge in [0.1, 0.15) is 0 Å². The Balaban J connectivity index is 2.07. The molecule has 0 N–H and O–H groups in total. The zero-order valence-electron chi connectivity index (χ0n) is 10.0. The highest BCUT2D eigenvalue weighted by atomic mass is 16.1. The van der Waals surface area contributed by atoms with E-state index in [4.69, 9.17) is 0 Å². The largest absolute Gasteiger partial charge is 0.294 e. The number of Topliss-reactive ketones (excluding diaryl/α,β-unsaturated/α-hetero) is 1. The van der Waals surface area contributed by atoms with Gasteiger partial charge in [-0.15, -0.1) is 0 Å². The third-order valence-electron chi connectivity index (χ3n) is 3.62. The SMILES string of the molecule is CCc1ccc(C(=O)C2CCCCC2)cc1. The van der Waals surface area contributed by atoms with Crippen LogP contribution >= 0.6 is 0 Å². The number of rotatable bonds is 3. The summed E-state index contributed by atoms with van der Waals surface area (Å²) in [5.41, 5.74) is 2.21. The predicted octanol–water partition coefficient (Wildman–Crippen LogP) is 4.01. The van der Waals surface area contributed by atoms with Crippen molar-refractivity contribution in [2.45, 2.75) is 45.4 Å². The van der Waals surface area contributed by atoms with E-state index in [2.05, 4.69) is 19.1 Å². The van der Waals surface area contributed by atoms with Gasteiger partial charge in [0.25, 0.3) is 0 Å². The third kappa shape index (κ3) is 2.52. The second-order valence-electron chi connectivity index (χ2n) is 4.75. The first kappa shape index (κ1) is 11.4. The lowest BCUT2D eigenvalue weighted by Crippen LogP contribution is -2.17. The molecular weight excluding hydrogens is 196 g/mol. The highest BCUT2D eigenvalue weighted by Crippen LogP contribution is 2.26. The van der Waals surface area contributed by atoms with Gasteiger partial charge in [-0.1, -0.05) is 50.5 Å². The van der Waals surface area contributed by atoms with E-state index in [-0.39, 0.29) is 0 Å². The number of aryl methyl sites for hydroxylation is 1. The van der Waals surface area contributed by atoms with Crippen LogP contribution in [0.3, 0.4) is 0 Å². The molecule has 0 aliphatic heterocycles. The maximum Gasteiger partial charge on any atom is 0.165 e. The highest BCUT2D eigenvalue weighted by molar-refractivity contribution is 5.97. The van der Waals surface area contributed by atoms with E-state index in [1.165, 1.54) is 24.8 Å². The van der Waals surface area contributed by atoms with Crippen LogP contribution in [0.5, 0.6) is 0 Å². The Morgan fingerprint density at radius 2 is 1.75 bits per heavy atom. The minimum absolute atomic E-state index is 0.293. The molecule has 0 amide bonds. The smallest absolute Gasteiger partial charge is 0.165 e. The zero-order chi connectivity index (χ0) is 11.4. The minimum atomic E-state index is 0.293. The van der Waals surface area contributed by atoms with Gasteiger partial charge in [-0.25, -0.2) is 0 Å². The Morgan fingerprint density at radius 3 is 2.31 bits per heavy atom. The van der Waals surface area contributed by atoms with Crippen LogP contribution in [0.1, 0.15) is 54.9 Å². The van der Waals surface area contributed by atoms with Gasteiger partial charge in [-0.2, -0.15) is 0 Å². The highest BCUT2D eigenvalue weighted by Gasteiger charge is 2.21. The molecule has 1 aliphatic rings. The molecule has 1 heteroatoms. The van der Waals surface area contributed by atoms with Gasteiger partial charge in [0.15, 0.2) is 5.78 Å². The predicted molar refractivity (Wildman–Crippen MR) is 66.7 cm³/mol. The van der Waals surface area contributed by atoms with Crippen LogP contribution in [-0.2, 0) is 6.42 Å². The normalized spacial score (nSPS) is 17.3. The summed E-state index contributed by atoms with van der Waals surface area (Å²) in [5, 5.41) is 0. The van der Waals surface area contributed by atoms with Crippen LogP contribution < -0.4 is 0 Å². The van der Waals surface area contributed by atoms with Crippen molar-refractivity contribution >= 4 is 5.78 Å². The number of carbonyl (C=O) groups is 1. The van der Waals surface area contributed by atoms with E-state index >= 15 is 0 Å². The van der Waals surface area contributed by atoms with Crippen molar-refractivity contribution < 1.29 is 4.79 Å². The number of ketones is 1. The second-order valence-corrected chi connectivity index (χ2v) is 4.75. The third-order valence-corrected chi connectivity index (χ3v) is 3.62. The van der Waals surface area contributed by atoms with Gasteiger partial charge in [-0.05, 0) is 24.8 Å². The van der Waals surface area contributed by atoms with Crippen LogP contribution in [0.2, 0.25) is 0 Å². The molecule has 16 heavy (non-hydrogen) atoms. The Bertz CT molecular complexity index is 344. The average Bonchev–Trinajstić information content (AvgIpc) is 2.39. The molecule has 0 saturated heterocycles. The molecule has 1 nitrogen and oxygen atoms in total. The number of benzene rings is 1. The van der Waals surface area contributed by atoms with Crippen LogP contribution in [0.15, 0.2) is 24.3 Å². The summed E-state index contributed by atoms with van der Waals surface area (Å²) >= 11 is 0. The maximum absolute atomic E-state index is 12.2. The van der Waals surface area contributed by atoms with Gasteiger partial charge < -0.3 is 0 Å². The molecule has 2 rings (SSSR count). The summed E-state index contributed by atoms with van der Waals surface area (Å²) in [6, 6.07) is 8.15. The lowest BCUT2D eigenvalue weighted by Gasteiger charge is -2.20. The van der Waals surface area contributed by atoms with E-state index in [9.17, 15) is 4.79 Å². The number of hydrogen-bond donors (Lipinski definition) is 0. The van der Waals surface area contributed by atoms with Crippen LogP contribution in [-0.4, -0.2) is 5.78 Å². The molecule has 1 aromatic rings. The summed E-state index contributed by atoms with van der Waals surface area (Å²) < 4.78 is 0. The minimum Gasteiger partial charge on any atom is -0.294 e. The summed E-state index contributed by atoms with van der Waals surface area (Å²) in [6.07, 6.45) is 6.98. The fourth-order valence-electron chi connectivity index (χ4n) is 2.51. The lowest BCUT2D eigenvalue weighted by molar-refractivity contribution is 0.0889. The van der Waals surface area contributed by atoms with E-state index in [0.29, 0.717) is 11.7 Å². The molecule has 0 radical (unpaired) electrons. The fourth-order valence-corrected chi connectivity index (χ4v) is 2.51. The summed E-state index contributed by atoms with van der Waals surface area (Å²) in [4.78, 5) is 12.2. The Kier molecular flexibility index (Phi) is 3.76. The molecule has 0 atom stereocenters. The molecule has 86 valence electrons. The van der Waals surface area contributed by atoms with Gasteiger partial charge in [0.05, 0.1) is 0 Å². The fraction of sp³-hybridized carbons (Fsp3) is 0.533. The first-order valence-electron chi connectivity index (χ1n) is 6.44. The molecular formula is C15H20O. The van der Waals surface area contributed by atoms with Gasteiger partial charge >= 0.3 is 0 Å². The standard InChI is InChI=1S/C15H20O/c1-2-12-8-10-14(11-9-12)15(16)13-6-4-3-5-7-13/h8-11,13H,2-7H2,1H3. The summed E-state index contributed by atoms with van der Waals surface area (Å²) in [7, 11) is 0. The average molecular weight is 216 g/mol. The van der Waals surface area contributed by atoms with Crippen LogP contribution in [0, 0.1) is 5.92 Å². The van der Waals surface area contributed by atoms with Gasteiger partial charge in [0.2, 0.25) is 0 Å². The molecule has 0 aromatic heterocycles. The van der Waals surface area contributed by atoms with E-state index in [1.807, 2.05) is 12.1 Å². The van der Waals surface area contributed by atoms with Gasteiger partial charge in [-0.3, -0.25) is 4.79 Å². The lowest BCUT2D eigenvalue weighted by atomic mass is 9.84. The van der Waals surface area contributed by atoms with Crippen LogP contribution in [0.25, 0.3) is 0 Å². The summed E-state index contributed by atoms with van der Waals surface area (Å²) in [6.45, 7) is 2.14. The van der Waals surface area contributed by atoms with Crippen LogP contribution in [0.4, 0.5) is 0 Å². The van der Waals surface area contributed by atoms with Crippen molar-refractivity contribution in [1.82, 2.24) is 0 Å². The number of carbonyl (C=O) groups excluding carboxylic acids is 1. The zero-order valence-corrected chi connectivity index (χ0v) is 10.0. The number of hydrogen-bond acceptors (Lipinski definition) is 1. The Morgan fingerprint density at radius 1 is 1.12 bits per heavy atom. The van der Waals surface area contributed by atoms with Crippen molar-refractivity contribution in [3.05, 3.63) is 35.4 Å². The van der Waals surface area contributed by atoms with Crippen molar-refractivity contribution in [2.75, 3.05) is 0 Å². The molecule has 1 saturated carbocycles. The Hall–Kier alpha value is -1.11. The molecule has 1 aliphatic carbocycles. The monoisotopic (exact) mass is 216 g/mol. The topological polar surface area (TPSA) is 17.1 Å². The van der Waals surface area contributed by atoms with E-state index < -0.39 is 0 Å². The molecule has 1 aromatic carbocycles. The van der Waals surface area contributed by atoms with E-state index in [0.717, 1.165) is 24.8 Å². The summed E-state index contributed by atoms with van der Waals surface area (Å²) in [5.74, 6) is 0.656. The molecule has 0 unspecified atom stereocenters. The molecule has 0 heterocycles. The van der Waals surface area contributed by atoms with E-state index in [1.54, 1.807) is 0 Å². The second kappa shape index (κ2) is 5.29. The van der Waals surface area contributed by atoms with Crippen molar-refractivity contribution in [2.24, 2.45) is 5.92 Å².